The molecule has 1 aromatic carbocycles. The Hall–Kier alpha value is -1.44. The zero-order chi connectivity index (χ0) is 13.5. The van der Waals surface area contributed by atoms with E-state index in [4.69, 9.17) is 4.74 Å². The zero-order valence-corrected chi connectivity index (χ0v) is 12.2. The lowest BCUT2D eigenvalue weighted by Gasteiger charge is -1.99. The largest absolute Gasteiger partial charge is 0.497 e. The van der Waals surface area contributed by atoms with Gasteiger partial charge in [-0.3, -0.25) is 0 Å². The lowest BCUT2D eigenvalue weighted by atomic mass is 10.1. The molecule has 1 heterocycles. The van der Waals surface area contributed by atoms with Gasteiger partial charge in [-0.15, -0.1) is 0 Å². The van der Waals surface area contributed by atoms with Gasteiger partial charge in [-0.1, -0.05) is 39.0 Å². The van der Waals surface area contributed by atoms with Crippen molar-refractivity contribution in [3.63, 3.8) is 0 Å². The summed E-state index contributed by atoms with van der Waals surface area (Å²) < 4.78 is 5.25. The van der Waals surface area contributed by atoms with Crippen molar-refractivity contribution in [3.8, 4) is 5.75 Å². The fourth-order valence-corrected chi connectivity index (χ4v) is 2.53. The Bertz CT molecular complexity index is 501. The van der Waals surface area contributed by atoms with Crippen LogP contribution >= 0.6 is 0 Å². The van der Waals surface area contributed by atoms with Crippen LogP contribution in [-0.4, -0.2) is 12.1 Å². The van der Waals surface area contributed by atoms with Gasteiger partial charge < -0.3 is 9.72 Å². The minimum Gasteiger partial charge on any atom is -0.497 e. The minimum atomic E-state index is 0.928. The number of unbranched alkanes of at least 4 members (excludes halogenated alkanes) is 5. The molecule has 2 rings (SSSR count). The molecular weight excluding hydrogens is 234 g/mol. The number of hydrogen-bond acceptors (Lipinski definition) is 1. The molecule has 104 valence electrons. The highest BCUT2D eigenvalue weighted by molar-refractivity contribution is 5.81. The van der Waals surface area contributed by atoms with Gasteiger partial charge in [0.25, 0.3) is 0 Å². The van der Waals surface area contributed by atoms with Crippen LogP contribution in [0.2, 0.25) is 0 Å². The van der Waals surface area contributed by atoms with Crippen molar-refractivity contribution in [2.45, 2.75) is 51.9 Å². The minimum absolute atomic E-state index is 0.928. The maximum absolute atomic E-state index is 5.25. The summed E-state index contributed by atoms with van der Waals surface area (Å²) in [5, 5.41) is 1.25. The average Bonchev–Trinajstić information content (AvgIpc) is 2.84. The molecular formula is C17H25NO. The highest BCUT2D eigenvalue weighted by Gasteiger charge is 2.02. The molecule has 0 spiro atoms. The van der Waals surface area contributed by atoms with E-state index < -0.39 is 0 Å². The van der Waals surface area contributed by atoms with E-state index in [2.05, 4.69) is 30.1 Å². The monoisotopic (exact) mass is 259 g/mol. The van der Waals surface area contributed by atoms with E-state index in [9.17, 15) is 0 Å². The third kappa shape index (κ3) is 4.02. The highest BCUT2D eigenvalue weighted by atomic mass is 16.5. The van der Waals surface area contributed by atoms with Gasteiger partial charge in [0.1, 0.15) is 5.75 Å². The number of aryl methyl sites for hydroxylation is 1. The Morgan fingerprint density at radius 3 is 2.58 bits per heavy atom. The number of ether oxygens (including phenoxy) is 1. The second-order valence-electron chi connectivity index (χ2n) is 5.27. The lowest BCUT2D eigenvalue weighted by molar-refractivity contribution is 0.415. The molecule has 0 aliphatic heterocycles. The predicted octanol–water partition coefficient (Wildman–Crippen LogP) is 5.08. The first-order chi connectivity index (χ1) is 9.33. The van der Waals surface area contributed by atoms with Crippen LogP contribution in [0.1, 0.15) is 51.1 Å². The fraction of sp³-hybridized carbons (Fsp3) is 0.529. The van der Waals surface area contributed by atoms with Crippen LogP contribution in [0, 0.1) is 0 Å². The fourth-order valence-electron chi connectivity index (χ4n) is 2.53. The first kappa shape index (κ1) is 14.0. The number of hydrogen-bond donors (Lipinski definition) is 1. The van der Waals surface area contributed by atoms with E-state index in [1.54, 1.807) is 7.11 Å². The summed E-state index contributed by atoms with van der Waals surface area (Å²) >= 11 is 0. The number of H-pyrrole nitrogens is 1. The summed E-state index contributed by atoms with van der Waals surface area (Å²) in [6.07, 6.45) is 9.26. The Kier molecular flexibility index (Phi) is 5.31. The summed E-state index contributed by atoms with van der Waals surface area (Å²) in [7, 11) is 1.71. The van der Waals surface area contributed by atoms with Crippen molar-refractivity contribution in [2.24, 2.45) is 0 Å². The van der Waals surface area contributed by atoms with Gasteiger partial charge in [0, 0.05) is 16.6 Å². The van der Waals surface area contributed by atoms with Crippen LogP contribution in [-0.2, 0) is 6.42 Å². The second kappa shape index (κ2) is 7.22. The van der Waals surface area contributed by atoms with Gasteiger partial charge in [0.05, 0.1) is 7.11 Å². The molecule has 0 amide bonds. The molecule has 2 nitrogen and oxygen atoms in total. The SMILES string of the molecule is CCCCCCCCc1cc2cc(OC)ccc2[nH]1. The maximum atomic E-state index is 5.25. The summed E-state index contributed by atoms with van der Waals surface area (Å²) in [5.41, 5.74) is 2.56. The Morgan fingerprint density at radius 1 is 1.00 bits per heavy atom. The molecule has 0 unspecified atom stereocenters. The third-order valence-electron chi connectivity index (χ3n) is 3.68. The van der Waals surface area contributed by atoms with Crippen LogP contribution in [0.3, 0.4) is 0 Å². The molecule has 2 heteroatoms. The van der Waals surface area contributed by atoms with Crippen molar-refractivity contribution in [1.29, 1.82) is 0 Å². The van der Waals surface area contributed by atoms with Crippen LogP contribution in [0.25, 0.3) is 10.9 Å². The third-order valence-corrected chi connectivity index (χ3v) is 3.68. The molecule has 0 saturated carbocycles. The van der Waals surface area contributed by atoms with Crippen LogP contribution in [0.5, 0.6) is 5.75 Å². The summed E-state index contributed by atoms with van der Waals surface area (Å²) in [6.45, 7) is 2.26. The quantitative estimate of drug-likeness (QED) is 0.657. The van der Waals surface area contributed by atoms with E-state index in [0.717, 1.165) is 12.2 Å². The van der Waals surface area contributed by atoms with Gasteiger partial charge in [-0.25, -0.2) is 0 Å². The van der Waals surface area contributed by atoms with Gasteiger partial charge in [0.15, 0.2) is 0 Å². The molecule has 2 aromatic rings. The van der Waals surface area contributed by atoms with Crippen LogP contribution in [0.4, 0.5) is 0 Å². The number of benzene rings is 1. The molecule has 1 N–H and O–H groups in total. The number of nitrogens with one attached hydrogen (secondary N) is 1. The van der Waals surface area contributed by atoms with Crippen LogP contribution < -0.4 is 4.74 Å². The normalized spacial score (nSPS) is 11.1. The molecule has 0 aliphatic carbocycles. The van der Waals surface area contributed by atoms with Crippen molar-refractivity contribution in [3.05, 3.63) is 30.0 Å². The van der Waals surface area contributed by atoms with Gasteiger partial charge >= 0.3 is 0 Å². The van der Waals surface area contributed by atoms with E-state index in [-0.39, 0.29) is 0 Å². The van der Waals surface area contributed by atoms with Crippen molar-refractivity contribution < 1.29 is 4.74 Å². The van der Waals surface area contributed by atoms with Crippen molar-refractivity contribution >= 4 is 10.9 Å². The second-order valence-corrected chi connectivity index (χ2v) is 5.27. The van der Waals surface area contributed by atoms with Crippen LogP contribution in [0.15, 0.2) is 24.3 Å². The van der Waals surface area contributed by atoms with E-state index in [1.807, 2.05) is 6.07 Å². The lowest BCUT2D eigenvalue weighted by Crippen LogP contribution is -1.85. The van der Waals surface area contributed by atoms with E-state index in [1.165, 1.54) is 55.1 Å². The molecule has 0 atom stereocenters. The van der Waals surface area contributed by atoms with E-state index >= 15 is 0 Å². The van der Waals surface area contributed by atoms with Gasteiger partial charge in [-0.2, -0.15) is 0 Å². The van der Waals surface area contributed by atoms with Crippen molar-refractivity contribution in [2.75, 3.05) is 7.11 Å². The molecule has 0 radical (unpaired) electrons. The Balaban J connectivity index is 1.84. The summed E-state index contributed by atoms with van der Waals surface area (Å²) in [6, 6.07) is 8.45. The first-order valence-corrected chi connectivity index (χ1v) is 7.49. The standard InChI is InChI=1S/C17H25NO/c1-3-4-5-6-7-8-9-15-12-14-13-16(19-2)10-11-17(14)18-15/h10-13,18H,3-9H2,1-2H3. The molecule has 0 aliphatic rings. The Morgan fingerprint density at radius 2 is 1.79 bits per heavy atom. The Labute approximate surface area is 116 Å². The topological polar surface area (TPSA) is 25.0 Å². The molecule has 0 bridgehead atoms. The molecule has 1 aromatic heterocycles. The molecule has 19 heavy (non-hydrogen) atoms. The zero-order valence-electron chi connectivity index (χ0n) is 12.2. The van der Waals surface area contributed by atoms with Gasteiger partial charge in [-0.05, 0) is 37.1 Å². The number of aromatic amines is 1. The summed E-state index contributed by atoms with van der Waals surface area (Å²) in [5.74, 6) is 0.928. The number of aromatic nitrogens is 1. The van der Waals surface area contributed by atoms with E-state index in [0.29, 0.717) is 0 Å². The summed E-state index contributed by atoms with van der Waals surface area (Å²) in [4.78, 5) is 3.49. The highest BCUT2D eigenvalue weighted by Crippen LogP contribution is 2.22. The van der Waals surface area contributed by atoms with Crippen molar-refractivity contribution in [1.82, 2.24) is 4.98 Å². The number of methoxy groups -OCH3 is 1. The number of fused-ring (bicyclic) bond motifs is 1. The molecule has 0 fully saturated rings. The first-order valence-electron chi connectivity index (χ1n) is 7.49. The van der Waals surface area contributed by atoms with Gasteiger partial charge in [0.2, 0.25) is 0 Å². The molecule has 0 saturated heterocycles. The predicted molar refractivity (Wildman–Crippen MR) is 81.9 cm³/mol. The maximum Gasteiger partial charge on any atom is 0.119 e. The smallest absolute Gasteiger partial charge is 0.119 e. The number of rotatable bonds is 8. The average molecular weight is 259 g/mol.